The Morgan fingerprint density at radius 3 is 2.28 bits per heavy atom. The molecule has 4 nitrogen and oxygen atoms in total. The van der Waals surface area contributed by atoms with Crippen LogP contribution in [0, 0.1) is 17.6 Å². The second-order valence-corrected chi connectivity index (χ2v) is 8.09. The lowest BCUT2D eigenvalue weighted by atomic mass is 9.77. The maximum Gasteiger partial charge on any atom is 0.274 e. The number of amides is 1. The van der Waals surface area contributed by atoms with Gasteiger partial charge in [0.1, 0.15) is 11.6 Å². The molecule has 5 rings (SSSR count). The van der Waals surface area contributed by atoms with E-state index in [-0.39, 0.29) is 29.5 Å². The van der Waals surface area contributed by atoms with Crippen LogP contribution in [0.1, 0.15) is 46.8 Å². The van der Waals surface area contributed by atoms with E-state index in [1.165, 1.54) is 29.3 Å². The number of pyridine rings is 1. The predicted octanol–water partition coefficient (Wildman–Crippen LogP) is 5.80. The summed E-state index contributed by atoms with van der Waals surface area (Å²) in [6.45, 7) is 0. The minimum atomic E-state index is -0.319. The first-order valence-corrected chi connectivity index (χ1v) is 10.6. The van der Waals surface area contributed by atoms with E-state index in [1.807, 2.05) is 6.08 Å². The molecule has 3 aromatic rings. The predicted molar refractivity (Wildman–Crippen MR) is 119 cm³/mol. The first-order chi connectivity index (χ1) is 15.6. The van der Waals surface area contributed by atoms with E-state index in [2.05, 4.69) is 4.98 Å². The Kier molecular flexibility index (Phi) is 5.35. The molecule has 1 aromatic heterocycles. The van der Waals surface area contributed by atoms with Crippen molar-refractivity contribution in [2.24, 2.45) is 11.0 Å². The topological polar surface area (TPSA) is 45.6 Å². The SMILES string of the molecule is O=C(c1ccncc1)N1N=C2/C(=C/c3ccc(F)cc3)CCCC2C1c1ccc(F)cc1. The van der Waals surface area contributed by atoms with Gasteiger partial charge in [-0.05, 0) is 78.4 Å². The molecule has 2 aliphatic rings. The minimum Gasteiger partial charge on any atom is -0.267 e. The van der Waals surface area contributed by atoms with Gasteiger partial charge in [-0.3, -0.25) is 9.78 Å². The van der Waals surface area contributed by atoms with E-state index in [4.69, 9.17) is 5.10 Å². The van der Waals surface area contributed by atoms with E-state index in [9.17, 15) is 13.6 Å². The molecule has 1 fully saturated rings. The zero-order valence-electron chi connectivity index (χ0n) is 17.3. The fourth-order valence-corrected chi connectivity index (χ4v) is 4.55. The van der Waals surface area contributed by atoms with Crippen molar-refractivity contribution in [2.75, 3.05) is 0 Å². The largest absolute Gasteiger partial charge is 0.274 e. The van der Waals surface area contributed by atoms with E-state index in [0.717, 1.165) is 41.7 Å². The molecule has 0 saturated heterocycles. The summed E-state index contributed by atoms with van der Waals surface area (Å²) in [6, 6.07) is 15.6. The second kappa shape index (κ2) is 8.46. The number of nitrogens with zero attached hydrogens (tertiary/aromatic N) is 3. The van der Waals surface area contributed by atoms with Gasteiger partial charge >= 0.3 is 0 Å². The summed E-state index contributed by atoms with van der Waals surface area (Å²) in [5.41, 5.74) is 4.16. The number of fused-ring (bicyclic) bond motifs is 1. The smallest absolute Gasteiger partial charge is 0.267 e. The number of hydrogen-bond acceptors (Lipinski definition) is 3. The highest BCUT2D eigenvalue weighted by Crippen LogP contribution is 2.44. The zero-order valence-corrected chi connectivity index (χ0v) is 17.3. The van der Waals surface area contributed by atoms with Crippen molar-refractivity contribution >= 4 is 17.7 Å². The van der Waals surface area contributed by atoms with Crippen LogP contribution in [0.4, 0.5) is 8.78 Å². The summed E-state index contributed by atoms with van der Waals surface area (Å²) in [7, 11) is 0. The van der Waals surface area contributed by atoms with Gasteiger partial charge in [0.05, 0.1) is 11.8 Å². The minimum absolute atomic E-state index is 0.00620. The van der Waals surface area contributed by atoms with Crippen LogP contribution in [0.25, 0.3) is 6.08 Å². The second-order valence-electron chi connectivity index (χ2n) is 8.09. The number of carbonyl (C=O) groups is 1. The molecule has 6 heteroatoms. The van der Waals surface area contributed by atoms with Crippen LogP contribution in [0.15, 0.2) is 83.7 Å². The molecule has 0 spiro atoms. The molecule has 2 heterocycles. The van der Waals surface area contributed by atoms with Gasteiger partial charge in [-0.25, -0.2) is 13.8 Å². The van der Waals surface area contributed by atoms with E-state index >= 15 is 0 Å². The average molecular weight is 429 g/mol. The summed E-state index contributed by atoms with van der Waals surface area (Å²) in [5.74, 6) is -0.811. The van der Waals surface area contributed by atoms with Crippen molar-refractivity contribution in [3.63, 3.8) is 0 Å². The number of aromatic nitrogens is 1. The van der Waals surface area contributed by atoms with E-state index < -0.39 is 0 Å². The Hall–Kier alpha value is -3.67. The molecule has 0 radical (unpaired) electrons. The van der Waals surface area contributed by atoms with Gasteiger partial charge in [-0.15, -0.1) is 0 Å². The van der Waals surface area contributed by atoms with Crippen molar-refractivity contribution in [2.45, 2.75) is 25.3 Å². The van der Waals surface area contributed by atoms with Crippen LogP contribution in [0.3, 0.4) is 0 Å². The number of rotatable bonds is 3. The number of hydrazone groups is 1. The molecule has 2 atom stereocenters. The van der Waals surface area contributed by atoms with Crippen LogP contribution in [-0.2, 0) is 0 Å². The molecule has 2 unspecified atom stereocenters. The molecule has 1 aliphatic carbocycles. The highest BCUT2D eigenvalue weighted by molar-refractivity contribution is 6.09. The maximum absolute atomic E-state index is 13.6. The van der Waals surface area contributed by atoms with Crippen LogP contribution in [0.2, 0.25) is 0 Å². The summed E-state index contributed by atoms with van der Waals surface area (Å²) in [5, 5.41) is 6.34. The quantitative estimate of drug-likeness (QED) is 0.529. The molecule has 1 aliphatic heterocycles. The molecule has 0 bridgehead atoms. The van der Waals surface area contributed by atoms with E-state index in [0.29, 0.717) is 5.56 Å². The number of hydrogen-bond donors (Lipinski definition) is 0. The van der Waals surface area contributed by atoms with Crippen LogP contribution in [0.5, 0.6) is 0 Å². The summed E-state index contributed by atoms with van der Waals surface area (Å²) in [6.07, 6.45) is 7.84. The zero-order chi connectivity index (χ0) is 22.1. The standard InChI is InChI=1S/C26H21F2N3O/c27-21-8-4-17(5-9-21)16-20-2-1-3-23-24(20)30-31(26(32)19-12-14-29-15-13-19)25(23)18-6-10-22(28)11-7-18/h4-16,23,25H,1-3H2/b20-16+. The lowest BCUT2D eigenvalue weighted by molar-refractivity contribution is 0.0680. The molecule has 1 saturated carbocycles. The van der Waals surface area contributed by atoms with Crippen molar-refractivity contribution in [3.05, 3.63) is 107 Å². The lowest BCUT2D eigenvalue weighted by Crippen LogP contribution is -2.31. The van der Waals surface area contributed by atoms with Gasteiger partial charge in [0, 0.05) is 23.9 Å². The number of carbonyl (C=O) groups excluding carboxylic acids is 1. The van der Waals surface area contributed by atoms with Crippen LogP contribution < -0.4 is 0 Å². The average Bonchev–Trinajstić information content (AvgIpc) is 3.22. The summed E-state index contributed by atoms with van der Waals surface area (Å²) in [4.78, 5) is 17.4. The maximum atomic E-state index is 13.6. The number of allylic oxidation sites excluding steroid dienone is 1. The van der Waals surface area contributed by atoms with Crippen LogP contribution >= 0.6 is 0 Å². The molecular formula is C26H21F2N3O. The molecule has 2 aromatic carbocycles. The molecule has 1 amide bonds. The summed E-state index contributed by atoms with van der Waals surface area (Å²) < 4.78 is 26.9. The van der Waals surface area contributed by atoms with Crippen LogP contribution in [-0.4, -0.2) is 21.6 Å². The number of halogens is 2. The van der Waals surface area contributed by atoms with Gasteiger partial charge in [0.25, 0.3) is 5.91 Å². The Bertz CT molecular complexity index is 1190. The van der Waals surface area contributed by atoms with Gasteiger partial charge in [0.2, 0.25) is 0 Å². The highest BCUT2D eigenvalue weighted by Gasteiger charge is 2.43. The van der Waals surface area contributed by atoms with Gasteiger partial charge in [-0.2, -0.15) is 5.10 Å². The summed E-state index contributed by atoms with van der Waals surface area (Å²) >= 11 is 0. The van der Waals surface area contributed by atoms with Gasteiger partial charge in [-0.1, -0.05) is 24.3 Å². The lowest BCUT2D eigenvalue weighted by Gasteiger charge is -2.29. The molecular weight excluding hydrogens is 408 g/mol. The Labute approximate surface area is 184 Å². The molecule has 160 valence electrons. The number of benzene rings is 2. The van der Waals surface area contributed by atoms with Crippen molar-refractivity contribution in [1.82, 2.24) is 9.99 Å². The monoisotopic (exact) mass is 429 g/mol. The first-order valence-electron chi connectivity index (χ1n) is 10.6. The Morgan fingerprint density at radius 1 is 0.938 bits per heavy atom. The fraction of sp³-hybridized carbons (Fsp3) is 0.192. The third-order valence-electron chi connectivity index (χ3n) is 6.06. The Morgan fingerprint density at radius 2 is 1.59 bits per heavy atom. The van der Waals surface area contributed by atoms with Crippen molar-refractivity contribution in [1.29, 1.82) is 0 Å². The molecule has 32 heavy (non-hydrogen) atoms. The fourth-order valence-electron chi connectivity index (χ4n) is 4.55. The first kappa shape index (κ1) is 20.2. The van der Waals surface area contributed by atoms with E-state index in [1.54, 1.807) is 48.8 Å². The van der Waals surface area contributed by atoms with Gasteiger partial charge in [0.15, 0.2) is 0 Å². The Balaban J connectivity index is 1.57. The normalized spacial score (nSPS) is 21.4. The third kappa shape index (κ3) is 3.84. The van der Waals surface area contributed by atoms with Crippen molar-refractivity contribution in [3.8, 4) is 0 Å². The third-order valence-corrected chi connectivity index (χ3v) is 6.06. The highest BCUT2D eigenvalue weighted by atomic mass is 19.1. The van der Waals surface area contributed by atoms with Gasteiger partial charge < -0.3 is 0 Å². The molecule has 0 N–H and O–H groups in total. The van der Waals surface area contributed by atoms with Crippen molar-refractivity contribution < 1.29 is 13.6 Å².